The zero-order chi connectivity index (χ0) is 12.3. The molecule has 0 atom stereocenters. The largest absolute Gasteiger partial charge is 0.444 e. The molecule has 0 aliphatic heterocycles. The van der Waals surface area contributed by atoms with E-state index in [1.807, 2.05) is 0 Å². The summed E-state index contributed by atoms with van der Waals surface area (Å²) in [6.45, 7) is 9.21. The van der Waals surface area contributed by atoms with Gasteiger partial charge in [0.2, 0.25) is 0 Å². The van der Waals surface area contributed by atoms with Crippen LogP contribution in [-0.4, -0.2) is 22.0 Å². The van der Waals surface area contributed by atoms with Crippen LogP contribution in [0.4, 0.5) is 4.79 Å². The first-order valence-electron chi connectivity index (χ1n) is 4.71. The van der Waals surface area contributed by atoms with Crippen LogP contribution in [0.3, 0.4) is 0 Å². The van der Waals surface area contributed by atoms with Crippen LogP contribution in [0.5, 0.6) is 0 Å². The number of nitrogens with one attached hydrogen (secondary N) is 1. The lowest BCUT2D eigenvalue weighted by atomic mass is 9.96. The van der Waals surface area contributed by atoms with Gasteiger partial charge in [0.25, 0.3) is 0 Å². The summed E-state index contributed by atoms with van der Waals surface area (Å²) in [5.41, 5.74) is -1.07. The van der Waals surface area contributed by atoms with Crippen LogP contribution < -0.4 is 5.32 Å². The molecule has 0 aromatic heterocycles. The second-order valence-corrected chi connectivity index (χ2v) is 5.99. The van der Waals surface area contributed by atoms with Crippen molar-refractivity contribution in [2.75, 3.05) is 6.54 Å². The number of rotatable bonds is 3. The number of hydrogen-bond donors (Lipinski definition) is 1. The number of amides is 1. The minimum absolute atomic E-state index is 0.0103. The van der Waals surface area contributed by atoms with Crippen molar-refractivity contribution in [3.8, 4) is 0 Å². The zero-order valence-corrected chi connectivity index (χ0v) is 12.0. The van der Waals surface area contributed by atoms with Gasteiger partial charge >= 0.3 is 6.09 Å². The molecule has 0 aliphatic carbocycles. The molecule has 0 bridgehead atoms. The highest BCUT2D eigenvalue weighted by molar-refractivity contribution is 14.1. The summed E-state index contributed by atoms with van der Waals surface area (Å²) in [7, 11) is 0. The molecule has 0 aromatic carbocycles. The van der Waals surface area contributed by atoms with Crippen LogP contribution in [-0.2, 0) is 9.53 Å². The third kappa shape index (κ3) is 6.70. The van der Waals surface area contributed by atoms with E-state index in [0.717, 1.165) is 0 Å². The predicted octanol–water partition coefficient (Wildman–Crippen LogP) is 2.50. The molecule has 4 nitrogen and oxygen atoms in total. The maximum Gasteiger partial charge on any atom is 0.407 e. The van der Waals surface area contributed by atoms with Crippen LogP contribution in [0.25, 0.3) is 0 Å². The van der Waals surface area contributed by atoms with Crippen molar-refractivity contribution >= 4 is 32.5 Å². The molecule has 0 unspecified atom stereocenters. The van der Waals surface area contributed by atoms with Crippen molar-refractivity contribution in [2.45, 2.75) is 40.2 Å². The SMILES string of the molecule is CC(C)(C)OC(=O)NCC(C)(C)C(=O)I. The van der Waals surface area contributed by atoms with Gasteiger partial charge in [-0.2, -0.15) is 0 Å². The lowest BCUT2D eigenvalue weighted by molar-refractivity contribution is -0.116. The van der Waals surface area contributed by atoms with E-state index in [2.05, 4.69) is 5.32 Å². The molecule has 0 aliphatic rings. The Hall–Kier alpha value is -0.330. The van der Waals surface area contributed by atoms with E-state index in [-0.39, 0.29) is 10.3 Å². The van der Waals surface area contributed by atoms with Gasteiger partial charge in [0.15, 0.2) is 3.79 Å². The Balaban J connectivity index is 4.07. The molecule has 88 valence electrons. The van der Waals surface area contributed by atoms with E-state index in [1.54, 1.807) is 57.2 Å². The average Bonchev–Trinajstić information content (AvgIpc) is 1.97. The zero-order valence-electron chi connectivity index (χ0n) is 9.81. The molecule has 0 saturated carbocycles. The van der Waals surface area contributed by atoms with Gasteiger partial charge in [0.05, 0.1) is 5.41 Å². The summed E-state index contributed by atoms with van der Waals surface area (Å²) in [6, 6.07) is 0. The Morgan fingerprint density at radius 3 is 2.00 bits per heavy atom. The number of hydrogen-bond acceptors (Lipinski definition) is 3. The summed E-state index contributed by atoms with van der Waals surface area (Å²) in [4.78, 5) is 22.4. The Bertz CT molecular complexity index is 256. The maximum absolute atomic E-state index is 11.3. The third-order valence-corrected chi connectivity index (χ3v) is 3.07. The Labute approximate surface area is 104 Å². The fourth-order valence-corrected chi connectivity index (χ4v) is 0.868. The Morgan fingerprint density at radius 1 is 1.20 bits per heavy atom. The lowest BCUT2D eigenvalue weighted by Crippen LogP contribution is -2.40. The van der Waals surface area contributed by atoms with Crippen LogP contribution >= 0.6 is 22.6 Å². The van der Waals surface area contributed by atoms with Crippen molar-refractivity contribution in [2.24, 2.45) is 5.41 Å². The average molecular weight is 327 g/mol. The normalized spacial score (nSPS) is 12.1. The molecule has 1 amide bonds. The highest BCUT2D eigenvalue weighted by Gasteiger charge is 2.26. The Morgan fingerprint density at radius 2 is 1.67 bits per heavy atom. The van der Waals surface area contributed by atoms with Crippen LogP contribution in [0.1, 0.15) is 34.6 Å². The van der Waals surface area contributed by atoms with E-state index in [0.29, 0.717) is 0 Å². The molecule has 0 saturated heterocycles. The van der Waals surface area contributed by atoms with Crippen molar-refractivity contribution in [3.05, 3.63) is 0 Å². The van der Waals surface area contributed by atoms with Gasteiger partial charge in [-0.05, 0) is 20.8 Å². The van der Waals surface area contributed by atoms with Crippen molar-refractivity contribution in [1.82, 2.24) is 5.32 Å². The number of carbonyl (C=O) groups excluding carboxylic acids is 2. The van der Waals surface area contributed by atoms with E-state index in [1.165, 1.54) is 0 Å². The van der Waals surface area contributed by atoms with Gasteiger partial charge in [0, 0.05) is 29.1 Å². The van der Waals surface area contributed by atoms with E-state index >= 15 is 0 Å². The summed E-state index contributed by atoms with van der Waals surface area (Å²) >= 11 is 1.73. The first kappa shape index (κ1) is 14.7. The van der Waals surface area contributed by atoms with E-state index in [4.69, 9.17) is 4.74 Å². The third-order valence-electron chi connectivity index (χ3n) is 1.61. The Kier molecular flexibility index (Phi) is 5.02. The molecule has 1 N–H and O–H groups in total. The van der Waals surface area contributed by atoms with Gasteiger partial charge in [0.1, 0.15) is 5.60 Å². The molecular formula is C10H18INO3. The van der Waals surface area contributed by atoms with Crippen molar-refractivity contribution < 1.29 is 14.3 Å². The number of alkyl carbamates (subject to hydrolysis) is 1. The highest BCUT2D eigenvalue weighted by Crippen LogP contribution is 2.19. The lowest BCUT2D eigenvalue weighted by Gasteiger charge is -2.23. The number of carbonyl (C=O) groups is 2. The monoisotopic (exact) mass is 327 g/mol. The molecule has 5 heteroatoms. The summed E-state index contributed by atoms with van der Waals surface area (Å²) < 4.78 is 5.06. The van der Waals surface area contributed by atoms with Gasteiger partial charge in [-0.3, -0.25) is 4.79 Å². The van der Waals surface area contributed by atoms with Gasteiger partial charge in [-0.15, -0.1) is 0 Å². The van der Waals surface area contributed by atoms with Gasteiger partial charge in [-0.1, -0.05) is 13.8 Å². The first-order chi connectivity index (χ1) is 6.54. The maximum atomic E-state index is 11.3. The smallest absolute Gasteiger partial charge is 0.407 e. The van der Waals surface area contributed by atoms with Crippen molar-refractivity contribution in [3.63, 3.8) is 0 Å². The molecule has 15 heavy (non-hydrogen) atoms. The molecule has 0 aromatic rings. The number of ether oxygens (including phenoxy) is 1. The molecule has 0 radical (unpaired) electrons. The van der Waals surface area contributed by atoms with Crippen molar-refractivity contribution in [1.29, 1.82) is 0 Å². The standard InChI is InChI=1S/C10H18INO3/c1-9(2,3)15-8(14)12-6-10(4,5)7(11)13/h6H2,1-5H3,(H,12,14). The fraction of sp³-hybridized carbons (Fsp3) is 0.800. The molecule has 0 heterocycles. The fourth-order valence-electron chi connectivity index (χ4n) is 0.677. The second kappa shape index (κ2) is 5.14. The van der Waals surface area contributed by atoms with Gasteiger partial charge < -0.3 is 10.1 Å². The minimum atomic E-state index is -0.558. The second-order valence-electron chi connectivity index (χ2n) is 5.01. The summed E-state index contributed by atoms with van der Waals surface area (Å²) in [5.74, 6) is 0. The molecule has 0 rings (SSSR count). The summed E-state index contributed by atoms with van der Waals surface area (Å²) in [6.07, 6.45) is -0.492. The predicted molar refractivity (Wildman–Crippen MR) is 67.0 cm³/mol. The van der Waals surface area contributed by atoms with E-state index in [9.17, 15) is 9.59 Å². The molecular weight excluding hydrogens is 309 g/mol. The van der Waals surface area contributed by atoms with E-state index < -0.39 is 17.1 Å². The topological polar surface area (TPSA) is 55.4 Å². The molecule has 0 fully saturated rings. The minimum Gasteiger partial charge on any atom is -0.444 e. The van der Waals surface area contributed by atoms with Crippen LogP contribution in [0.2, 0.25) is 0 Å². The van der Waals surface area contributed by atoms with Crippen LogP contribution in [0.15, 0.2) is 0 Å². The quantitative estimate of drug-likeness (QED) is 0.640. The summed E-state index contributed by atoms with van der Waals surface area (Å²) in [5, 5.41) is 2.57. The highest BCUT2D eigenvalue weighted by atomic mass is 127. The first-order valence-corrected chi connectivity index (χ1v) is 5.79. The molecule has 0 spiro atoms. The number of halogens is 1. The van der Waals surface area contributed by atoms with Gasteiger partial charge in [-0.25, -0.2) is 4.79 Å². The van der Waals surface area contributed by atoms with Crippen LogP contribution in [0, 0.1) is 5.41 Å².